The van der Waals surface area contributed by atoms with Crippen molar-refractivity contribution in [2.75, 3.05) is 0 Å². The van der Waals surface area contributed by atoms with Gasteiger partial charge in [-0.15, -0.1) is 0 Å². The summed E-state index contributed by atoms with van der Waals surface area (Å²) in [7, 11) is 0. The normalized spacial score (nSPS) is 50.9. The first kappa shape index (κ1) is 17.7. The van der Waals surface area contributed by atoms with Gasteiger partial charge in [-0.3, -0.25) is 0 Å². The van der Waals surface area contributed by atoms with Crippen molar-refractivity contribution in [2.45, 2.75) is 116 Å². The fourth-order valence-corrected chi connectivity index (χ4v) is 8.84. The van der Waals surface area contributed by atoms with Crippen LogP contribution in [0, 0.1) is 34.5 Å². The zero-order valence-electron chi connectivity index (χ0n) is 17.5. The van der Waals surface area contributed by atoms with Gasteiger partial charge in [0, 0.05) is 19.3 Å². The summed E-state index contributed by atoms with van der Waals surface area (Å²) >= 11 is 0. The quantitative estimate of drug-likeness (QED) is 0.657. The number of hydrogen-bond acceptors (Lipinski definition) is 0. The maximum Gasteiger partial charge on any atom is 0.157 e. The van der Waals surface area contributed by atoms with E-state index in [9.17, 15) is 0 Å². The van der Waals surface area contributed by atoms with E-state index < -0.39 is 0 Å². The predicted octanol–water partition coefficient (Wildman–Crippen LogP) is 5.27. The third kappa shape index (κ3) is 2.66. The van der Waals surface area contributed by atoms with Crippen molar-refractivity contribution in [1.29, 1.82) is 0 Å². The van der Waals surface area contributed by atoms with Crippen molar-refractivity contribution in [3.63, 3.8) is 0 Å². The van der Waals surface area contributed by atoms with Gasteiger partial charge in [-0.2, -0.15) is 0 Å². The molecule has 26 heavy (non-hydrogen) atoms. The van der Waals surface area contributed by atoms with E-state index in [-0.39, 0.29) is 0 Å². The Kier molecular flexibility index (Phi) is 4.52. The summed E-state index contributed by atoms with van der Waals surface area (Å²) in [4.78, 5) is 4.14. The number of nitrogens with one attached hydrogen (secondary N) is 1. The van der Waals surface area contributed by atoms with Crippen molar-refractivity contribution in [1.82, 2.24) is 0 Å². The van der Waals surface area contributed by atoms with Gasteiger partial charge in [0.1, 0.15) is 0 Å². The van der Waals surface area contributed by atoms with Gasteiger partial charge < -0.3 is 0 Å². The molecule has 0 heterocycles. The number of fused-ring (bicyclic) bond motifs is 5. The SMILES string of the molecule is C[C@]12CCCC[C@@H]1CC[C@@H]1[C@@H]2CC[C@]2(C)C(=[NH+]C3CCCCC3)CC[C@@H]12. The van der Waals surface area contributed by atoms with Crippen molar-refractivity contribution in [3.05, 3.63) is 0 Å². The second kappa shape index (κ2) is 6.63. The highest BCUT2D eigenvalue weighted by Crippen LogP contribution is 2.65. The molecule has 5 saturated carbocycles. The third-order valence-electron chi connectivity index (χ3n) is 10.4. The summed E-state index contributed by atoms with van der Waals surface area (Å²) in [6.45, 7) is 5.39. The molecule has 0 radical (unpaired) electrons. The van der Waals surface area contributed by atoms with E-state index in [4.69, 9.17) is 0 Å². The first-order chi connectivity index (χ1) is 12.6. The highest BCUT2D eigenvalue weighted by molar-refractivity contribution is 5.87. The van der Waals surface area contributed by atoms with E-state index in [0.29, 0.717) is 10.8 Å². The topological polar surface area (TPSA) is 14.0 Å². The van der Waals surface area contributed by atoms with Crippen LogP contribution in [0.3, 0.4) is 0 Å². The Morgan fingerprint density at radius 1 is 0.731 bits per heavy atom. The molecule has 5 aliphatic rings. The van der Waals surface area contributed by atoms with Crippen molar-refractivity contribution in [3.8, 4) is 0 Å². The molecular formula is C25H42N+. The summed E-state index contributed by atoms with van der Waals surface area (Å²) < 4.78 is 0. The highest BCUT2D eigenvalue weighted by atomic mass is 14.8. The Morgan fingerprint density at radius 3 is 2.38 bits per heavy atom. The average Bonchev–Trinajstić information content (AvgIpc) is 2.98. The minimum atomic E-state index is 0.524. The molecule has 146 valence electrons. The molecule has 5 aliphatic carbocycles. The predicted molar refractivity (Wildman–Crippen MR) is 109 cm³/mol. The lowest BCUT2D eigenvalue weighted by Gasteiger charge is -2.59. The van der Waals surface area contributed by atoms with E-state index in [2.05, 4.69) is 18.8 Å². The molecule has 5 fully saturated rings. The van der Waals surface area contributed by atoms with E-state index in [1.165, 1.54) is 70.6 Å². The summed E-state index contributed by atoms with van der Waals surface area (Å²) in [5.74, 6) is 4.14. The second-order valence-corrected chi connectivity index (χ2v) is 11.4. The first-order valence-corrected chi connectivity index (χ1v) is 12.2. The van der Waals surface area contributed by atoms with Crippen molar-refractivity contribution < 1.29 is 4.99 Å². The van der Waals surface area contributed by atoms with Crippen molar-refractivity contribution >= 4 is 5.71 Å². The van der Waals surface area contributed by atoms with Crippen LogP contribution in [-0.4, -0.2) is 11.8 Å². The molecule has 0 aromatic heterocycles. The van der Waals surface area contributed by atoms with Gasteiger partial charge >= 0.3 is 0 Å². The molecule has 6 atom stereocenters. The lowest BCUT2D eigenvalue weighted by Crippen LogP contribution is -2.82. The van der Waals surface area contributed by atoms with E-state index >= 15 is 0 Å². The van der Waals surface area contributed by atoms with Crippen LogP contribution in [-0.2, 0) is 0 Å². The lowest BCUT2D eigenvalue weighted by molar-refractivity contribution is -0.512. The van der Waals surface area contributed by atoms with Crippen LogP contribution >= 0.6 is 0 Å². The van der Waals surface area contributed by atoms with E-state index in [1.54, 1.807) is 31.4 Å². The molecule has 0 bridgehead atoms. The van der Waals surface area contributed by atoms with E-state index in [0.717, 1.165) is 29.7 Å². The Morgan fingerprint density at radius 2 is 1.54 bits per heavy atom. The maximum absolute atomic E-state index is 4.14. The van der Waals surface area contributed by atoms with Crippen LogP contribution in [0.2, 0.25) is 0 Å². The Bertz CT molecular complexity index is 559. The lowest BCUT2D eigenvalue weighted by atomic mass is 9.45. The van der Waals surface area contributed by atoms with Crippen LogP contribution in [0.4, 0.5) is 0 Å². The largest absolute Gasteiger partial charge is 0.246 e. The average molecular weight is 357 g/mol. The number of hydrogen-bond donors (Lipinski definition) is 1. The van der Waals surface area contributed by atoms with Gasteiger partial charge in [0.15, 0.2) is 11.8 Å². The standard InChI is InChI=1S/C25H41N/c1-24-16-7-6-8-18(24)11-12-20-21-13-14-23(25(21,2)17-15-22(20)24)26-19-9-4-3-5-10-19/h18-22H,3-17H2,1-2H3/p+1/t18-,20+,21+,22+,24+,25+/m1/s1. The highest BCUT2D eigenvalue weighted by Gasteiger charge is 2.60. The molecule has 0 amide bonds. The summed E-state index contributed by atoms with van der Waals surface area (Å²) in [6.07, 6.45) is 22.3. The zero-order chi connectivity index (χ0) is 17.8. The first-order valence-electron chi connectivity index (χ1n) is 12.2. The van der Waals surface area contributed by atoms with Crippen LogP contribution < -0.4 is 4.99 Å². The zero-order valence-corrected chi connectivity index (χ0v) is 17.5. The molecule has 1 heteroatoms. The summed E-state index contributed by atoms with van der Waals surface area (Å²) in [6, 6.07) is 0.804. The van der Waals surface area contributed by atoms with Gasteiger partial charge in [0.25, 0.3) is 0 Å². The Labute approximate surface area is 161 Å². The molecular weight excluding hydrogens is 314 g/mol. The fourth-order valence-electron chi connectivity index (χ4n) is 8.84. The van der Waals surface area contributed by atoms with Gasteiger partial charge in [0.05, 0.1) is 5.41 Å². The molecule has 0 aromatic carbocycles. The van der Waals surface area contributed by atoms with Crippen LogP contribution in [0.5, 0.6) is 0 Å². The monoisotopic (exact) mass is 356 g/mol. The van der Waals surface area contributed by atoms with Gasteiger partial charge in [-0.25, -0.2) is 4.99 Å². The van der Waals surface area contributed by atoms with Crippen LogP contribution in [0.1, 0.15) is 110 Å². The Hall–Kier alpha value is -0.330. The molecule has 0 saturated heterocycles. The summed E-state index contributed by atoms with van der Waals surface area (Å²) in [5, 5.41) is 0. The molecule has 0 aromatic rings. The van der Waals surface area contributed by atoms with Gasteiger partial charge in [0.2, 0.25) is 0 Å². The second-order valence-electron chi connectivity index (χ2n) is 11.4. The smallest absolute Gasteiger partial charge is 0.157 e. The van der Waals surface area contributed by atoms with Gasteiger partial charge in [-0.1, -0.05) is 26.2 Å². The van der Waals surface area contributed by atoms with Crippen LogP contribution in [0.25, 0.3) is 0 Å². The minimum absolute atomic E-state index is 0.524. The molecule has 0 aliphatic heterocycles. The molecule has 0 unspecified atom stereocenters. The number of rotatable bonds is 1. The minimum Gasteiger partial charge on any atom is -0.246 e. The summed E-state index contributed by atoms with van der Waals surface area (Å²) in [5.41, 5.74) is 3.02. The van der Waals surface area contributed by atoms with Crippen LogP contribution in [0.15, 0.2) is 0 Å². The van der Waals surface area contributed by atoms with E-state index in [1.807, 2.05) is 0 Å². The molecule has 1 N–H and O–H groups in total. The molecule has 0 spiro atoms. The van der Waals surface area contributed by atoms with Gasteiger partial charge in [-0.05, 0) is 93.8 Å². The Balaban J connectivity index is 1.39. The maximum atomic E-state index is 4.14. The molecule has 5 rings (SSSR count). The molecule has 1 nitrogen and oxygen atoms in total. The third-order valence-corrected chi connectivity index (χ3v) is 10.4. The fraction of sp³-hybridized carbons (Fsp3) is 0.960. The van der Waals surface area contributed by atoms with Crippen molar-refractivity contribution in [2.24, 2.45) is 34.5 Å².